The second kappa shape index (κ2) is 4.68. The highest BCUT2D eigenvalue weighted by Gasteiger charge is 2.18. The van der Waals surface area contributed by atoms with Crippen LogP contribution in [0.15, 0.2) is 22.8 Å². The van der Waals surface area contributed by atoms with E-state index < -0.39 is 0 Å². The Morgan fingerprint density at radius 2 is 2.22 bits per heavy atom. The minimum Gasteiger partial charge on any atom is -0.459 e. The Balaban J connectivity index is 2.17. The van der Waals surface area contributed by atoms with E-state index in [1.165, 1.54) is 6.26 Å². The predicted octanol–water partition coefficient (Wildman–Crippen LogP) is 1.90. The van der Waals surface area contributed by atoms with Crippen LogP contribution >= 0.6 is 0 Å². The molecule has 0 aliphatic carbocycles. The molecule has 2 heterocycles. The van der Waals surface area contributed by atoms with E-state index in [0.717, 1.165) is 17.0 Å². The summed E-state index contributed by atoms with van der Waals surface area (Å²) >= 11 is 0. The van der Waals surface area contributed by atoms with Gasteiger partial charge in [-0.05, 0) is 26.0 Å². The molecule has 0 aliphatic heterocycles. The third-order valence-electron chi connectivity index (χ3n) is 3.13. The second-order valence-electron chi connectivity index (χ2n) is 4.41. The summed E-state index contributed by atoms with van der Waals surface area (Å²) in [5.74, 6) is 0.236. The zero-order valence-electron chi connectivity index (χ0n) is 11.1. The second-order valence-corrected chi connectivity index (χ2v) is 4.41. The van der Waals surface area contributed by atoms with Gasteiger partial charge in [0, 0.05) is 31.9 Å². The normalized spacial score (nSPS) is 10.7. The maximum Gasteiger partial charge on any atom is 0.289 e. The van der Waals surface area contributed by atoms with Crippen molar-refractivity contribution in [2.45, 2.75) is 20.4 Å². The lowest BCUT2D eigenvalue weighted by Gasteiger charge is -2.16. The first-order valence-electron chi connectivity index (χ1n) is 5.78. The number of hydrogen-bond donors (Lipinski definition) is 0. The highest BCUT2D eigenvalue weighted by atomic mass is 16.3. The monoisotopic (exact) mass is 247 g/mol. The Labute approximate surface area is 106 Å². The van der Waals surface area contributed by atoms with Crippen LogP contribution in [-0.2, 0) is 13.6 Å². The van der Waals surface area contributed by atoms with Gasteiger partial charge in [-0.15, -0.1) is 0 Å². The van der Waals surface area contributed by atoms with Gasteiger partial charge in [-0.3, -0.25) is 9.48 Å². The average molecular weight is 247 g/mol. The van der Waals surface area contributed by atoms with E-state index in [1.54, 1.807) is 24.1 Å². The van der Waals surface area contributed by atoms with Crippen molar-refractivity contribution < 1.29 is 9.21 Å². The molecule has 0 atom stereocenters. The number of carbonyl (C=O) groups is 1. The molecular formula is C13H17N3O2. The topological polar surface area (TPSA) is 51.3 Å². The van der Waals surface area contributed by atoms with Crippen LogP contribution in [0, 0.1) is 13.8 Å². The first-order chi connectivity index (χ1) is 8.50. The molecule has 0 saturated heterocycles. The van der Waals surface area contributed by atoms with Crippen LogP contribution in [0.1, 0.15) is 27.5 Å². The number of amides is 1. The van der Waals surface area contributed by atoms with E-state index in [2.05, 4.69) is 5.10 Å². The molecule has 0 spiro atoms. The molecular weight excluding hydrogens is 230 g/mol. The van der Waals surface area contributed by atoms with Gasteiger partial charge in [-0.25, -0.2) is 0 Å². The summed E-state index contributed by atoms with van der Waals surface area (Å²) < 4.78 is 6.94. The SMILES string of the molecule is Cc1nn(C)c(C)c1CN(C)C(=O)c1ccco1. The van der Waals surface area contributed by atoms with E-state index in [0.29, 0.717) is 12.3 Å². The lowest BCUT2D eigenvalue weighted by molar-refractivity contribution is 0.0753. The fourth-order valence-corrected chi connectivity index (χ4v) is 1.94. The fourth-order valence-electron chi connectivity index (χ4n) is 1.94. The van der Waals surface area contributed by atoms with Gasteiger partial charge >= 0.3 is 0 Å². The Morgan fingerprint density at radius 1 is 1.50 bits per heavy atom. The third-order valence-corrected chi connectivity index (χ3v) is 3.13. The Bertz CT molecular complexity index is 555. The molecule has 2 aromatic rings. The molecule has 0 unspecified atom stereocenters. The van der Waals surface area contributed by atoms with Crippen LogP contribution in [-0.4, -0.2) is 27.6 Å². The molecule has 0 saturated carbocycles. The predicted molar refractivity (Wildman–Crippen MR) is 67.2 cm³/mol. The van der Waals surface area contributed by atoms with Crippen molar-refractivity contribution in [2.75, 3.05) is 7.05 Å². The number of aryl methyl sites for hydroxylation is 2. The number of carbonyl (C=O) groups excluding carboxylic acids is 1. The van der Waals surface area contributed by atoms with Gasteiger partial charge in [0.1, 0.15) is 0 Å². The zero-order chi connectivity index (χ0) is 13.3. The molecule has 96 valence electrons. The van der Waals surface area contributed by atoms with Crippen LogP contribution in [0.5, 0.6) is 0 Å². The molecule has 0 aliphatic rings. The summed E-state index contributed by atoms with van der Waals surface area (Å²) in [6, 6.07) is 3.38. The van der Waals surface area contributed by atoms with Crippen molar-refractivity contribution >= 4 is 5.91 Å². The van der Waals surface area contributed by atoms with Crippen molar-refractivity contribution in [3.05, 3.63) is 41.1 Å². The molecule has 5 heteroatoms. The van der Waals surface area contributed by atoms with Crippen LogP contribution < -0.4 is 0 Å². The van der Waals surface area contributed by atoms with Gasteiger partial charge in [-0.2, -0.15) is 5.10 Å². The van der Waals surface area contributed by atoms with E-state index in [4.69, 9.17) is 4.42 Å². The number of rotatable bonds is 3. The minimum atomic E-state index is -0.123. The Kier molecular flexibility index (Phi) is 3.23. The lowest BCUT2D eigenvalue weighted by Crippen LogP contribution is -2.26. The maximum atomic E-state index is 12.0. The quantitative estimate of drug-likeness (QED) is 0.832. The van der Waals surface area contributed by atoms with Gasteiger partial charge in [0.05, 0.1) is 12.0 Å². The molecule has 2 rings (SSSR count). The first-order valence-corrected chi connectivity index (χ1v) is 5.78. The van der Waals surface area contributed by atoms with Gasteiger partial charge in [0.15, 0.2) is 5.76 Å². The molecule has 0 aromatic carbocycles. The summed E-state index contributed by atoms with van der Waals surface area (Å²) in [6.45, 7) is 4.49. The van der Waals surface area contributed by atoms with Crippen molar-refractivity contribution in [2.24, 2.45) is 7.05 Å². The van der Waals surface area contributed by atoms with Crippen LogP contribution in [0.25, 0.3) is 0 Å². The van der Waals surface area contributed by atoms with E-state index in [9.17, 15) is 4.79 Å². The summed E-state index contributed by atoms with van der Waals surface area (Å²) in [6.07, 6.45) is 1.50. The molecule has 18 heavy (non-hydrogen) atoms. The average Bonchev–Trinajstić information content (AvgIpc) is 2.93. The summed E-state index contributed by atoms with van der Waals surface area (Å²) in [5.41, 5.74) is 3.11. The van der Waals surface area contributed by atoms with Crippen molar-refractivity contribution in [1.82, 2.24) is 14.7 Å². The summed E-state index contributed by atoms with van der Waals surface area (Å²) in [7, 11) is 3.66. The maximum absolute atomic E-state index is 12.0. The summed E-state index contributed by atoms with van der Waals surface area (Å²) in [5, 5.41) is 4.34. The minimum absolute atomic E-state index is 0.123. The standard InChI is InChI=1S/C13H17N3O2/c1-9-11(10(2)16(4)14-9)8-15(3)13(17)12-6-5-7-18-12/h5-7H,8H2,1-4H3. The van der Waals surface area contributed by atoms with Crippen molar-refractivity contribution in [3.8, 4) is 0 Å². The molecule has 5 nitrogen and oxygen atoms in total. The third kappa shape index (κ3) is 2.16. The highest BCUT2D eigenvalue weighted by molar-refractivity contribution is 5.91. The van der Waals surface area contributed by atoms with Crippen LogP contribution in [0.3, 0.4) is 0 Å². The van der Waals surface area contributed by atoms with Gasteiger partial charge in [0.25, 0.3) is 5.91 Å². The lowest BCUT2D eigenvalue weighted by atomic mass is 10.2. The molecule has 0 N–H and O–H groups in total. The van der Waals surface area contributed by atoms with E-state index in [-0.39, 0.29) is 5.91 Å². The molecule has 0 radical (unpaired) electrons. The molecule has 0 fully saturated rings. The van der Waals surface area contributed by atoms with Crippen LogP contribution in [0.2, 0.25) is 0 Å². The van der Waals surface area contributed by atoms with Crippen LogP contribution in [0.4, 0.5) is 0 Å². The number of nitrogens with zero attached hydrogens (tertiary/aromatic N) is 3. The first kappa shape index (κ1) is 12.4. The van der Waals surface area contributed by atoms with Crippen molar-refractivity contribution in [3.63, 3.8) is 0 Å². The van der Waals surface area contributed by atoms with Gasteiger partial charge < -0.3 is 9.32 Å². The highest BCUT2D eigenvalue weighted by Crippen LogP contribution is 2.15. The Morgan fingerprint density at radius 3 is 2.72 bits per heavy atom. The van der Waals surface area contributed by atoms with Gasteiger partial charge in [0.2, 0.25) is 0 Å². The smallest absolute Gasteiger partial charge is 0.289 e. The molecule has 0 bridgehead atoms. The van der Waals surface area contributed by atoms with E-state index in [1.807, 2.05) is 25.6 Å². The summed E-state index contributed by atoms with van der Waals surface area (Å²) in [4.78, 5) is 13.7. The van der Waals surface area contributed by atoms with Crippen molar-refractivity contribution in [1.29, 1.82) is 0 Å². The molecule has 1 amide bonds. The molecule has 2 aromatic heterocycles. The van der Waals surface area contributed by atoms with Gasteiger partial charge in [-0.1, -0.05) is 0 Å². The largest absolute Gasteiger partial charge is 0.459 e. The Hall–Kier alpha value is -2.04. The number of aromatic nitrogens is 2. The zero-order valence-corrected chi connectivity index (χ0v) is 11.1. The number of furan rings is 1. The fraction of sp³-hybridized carbons (Fsp3) is 0.385. The number of hydrogen-bond acceptors (Lipinski definition) is 3. The van der Waals surface area contributed by atoms with E-state index >= 15 is 0 Å².